The van der Waals surface area contributed by atoms with Gasteiger partial charge in [-0.2, -0.15) is 0 Å². The van der Waals surface area contributed by atoms with Crippen LogP contribution in [0.25, 0.3) is 16.6 Å². The number of rotatable bonds is 13. The number of anilines is 1. The van der Waals surface area contributed by atoms with Crippen LogP contribution in [0.2, 0.25) is 0 Å². The van der Waals surface area contributed by atoms with Gasteiger partial charge in [0.05, 0.1) is 24.4 Å². The van der Waals surface area contributed by atoms with Gasteiger partial charge in [-0.05, 0) is 44.0 Å². The Morgan fingerprint density at radius 2 is 1.48 bits per heavy atom. The summed E-state index contributed by atoms with van der Waals surface area (Å²) in [4.78, 5) is 28.8. The molecule has 3 aromatic carbocycles. The molecule has 8 nitrogen and oxygen atoms in total. The molecule has 4 rings (SSSR count). The smallest absolute Gasteiger partial charge is 0.263 e. The van der Waals surface area contributed by atoms with Crippen LogP contribution in [-0.4, -0.2) is 44.1 Å². The predicted molar refractivity (Wildman–Crippen MR) is 157 cm³/mol. The van der Waals surface area contributed by atoms with Crippen LogP contribution >= 0.6 is 0 Å². The number of fused-ring (bicyclic) bond motifs is 1. The summed E-state index contributed by atoms with van der Waals surface area (Å²) < 4.78 is 52.3. The number of hydrogen-bond donors (Lipinski definition) is 0. The SMILES string of the molecule is CCCOc1cc(OCCC)cc(-n2cc(C(=O)N(CC)c3cc(F)cc(F)c3)c(=O)c3ccc(OCOC)cc32)c1. The Morgan fingerprint density at radius 1 is 0.833 bits per heavy atom. The number of benzene rings is 3. The quantitative estimate of drug-likeness (QED) is 0.168. The molecule has 0 aliphatic carbocycles. The van der Waals surface area contributed by atoms with Gasteiger partial charge in [-0.25, -0.2) is 8.78 Å². The number of amides is 1. The molecule has 4 aromatic rings. The third-order valence-corrected chi connectivity index (χ3v) is 6.36. The van der Waals surface area contributed by atoms with E-state index in [-0.39, 0.29) is 30.0 Å². The predicted octanol–water partition coefficient (Wildman–Crippen LogP) is 6.50. The van der Waals surface area contributed by atoms with Gasteiger partial charge in [-0.15, -0.1) is 0 Å². The van der Waals surface area contributed by atoms with Crippen LogP contribution in [-0.2, 0) is 4.74 Å². The molecule has 1 aromatic heterocycles. The van der Waals surface area contributed by atoms with E-state index < -0.39 is 23.0 Å². The number of nitrogens with zero attached hydrogens (tertiary/aromatic N) is 2. The number of carbonyl (C=O) groups is 1. The van der Waals surface area contributed by atoms with E-state index in [4.69, 9.17) is 18.9 Å². The minimum atomic E-state index is -0.834. The topological polar surface area (TPSA) is 79.2 Å². The van der Waals surface area contributed by atoms with Crippen molar-refractivity contribution in [1.29, 1.82) is 0 Å². The van der Waals surface area contributed by atoms with Crippen molar-refractivity contribution < 1.29 is 32.5 Å². The molecule has 0 N–H and O–H groups in total. The van der Waals surface area contributed by atoms with Crippen LogP contribution in [0, 0.1) is 11.6 Å². The highest BCUT2D eigenvalue weighted by atomic mass is 19.1. The summed E-state index contributed by atoms with van der Waals surface area (Å²) in [5.41, 5.74) is 0.298. The van der Waals surface area contributed by atoms with Crippen molar-refractivity contribution in [2.45, 2.75) is 33.6 Å². The third-order valence-electron chi connectivity index (χ3n) is 6.36. The summed E-state index contributed by atoms with van der Waals surface area (Å²) in [6, 6.07) is 13.0. The average Bonchev–Trinajstić information content (AvgIpc) is 2.97. The first-order valence-electron chi connectivity index (χ1n) is 13.8. The molecule has 10 heteroatoms. The molecule has 0 unspecified atom stereocenters. The second kappa shape index (κ2) is 14.0. The van der Waals surface area contributed by atoms with Crippen LogP contribution in [0.1, 0.15) is 44.0 Å². The van der Waals surface area contributed by atoms with Crippen molar-refractivity contribution in [3.8, 4) is 22.9 Å². The van der Waals surface area contributed by atoms with Gasteiger partial charge in [-0.1, -0.05) is 13.8 Å². The maximum atomic E-state index is 14.1. The van der Waals surface area contributed by atoms with E-state index in [1.54, 1.807) is 47.9 Å². The lowest BCUT2D eigenvalue weighted by Gasteiger charge is -2.22. The van der Waals surface area contributed by atoms with E-state index >= 15 is 0 Å². The lowest BCUT2D eigenvalue weighted by Crippen LogP contribution is -2.35. The zero-order valence-electron chi connectivity index (χ0n) is 24.1. The first-order chi connectivity index (χ1) is 20.3. The number of ether oxygens (including phenoxy) is 4. The summed E-state index contributed by atoms with van der Waals surface area (Å²) in [7, 11) is 1.50. The monoisotopic (exact) mass is 580 g/mol. The Kier molecular flexibility index (Phi) is 10.1. The molecule has 1 amide bonds. The second-order valence-electron chi connectivity index (χ2n) is 9.51. The number of aromatic nitrogens is 1. The molecule has 0 aliphatic heterocycles. The molecule has 0 saturated heterocycles. The van der Waals surface area contributed by atoms with Gasteiger partial charge in [0.2, 0.25) is 5.43 Å². The minimum Gasteiger partial charge on any atom is -0.493 e. The molecule has 0 fully saturated rings. The van der Waals surface area contributed by atoms with Gasteiger partial charge in [-0.3, -0.25) is 9.59 Å². The first-order valence-corrected chi connectivity index (χ1v) is 13.8. The van der Waals surface area contributed by atoms with Gasteiger partial charge in [0.15, 0.2) is 6.79 Å². The van der Waals surface area contributed by atoms with E-state index in [9.17, 15) is 18.4 Å². The zero-order valence-corrected chi connectivity index (χ0v) is 24.1. The van der Waals surface area contributed by atoms with E-state index in [0.29, 0.717) is 41.7 Å². The second-order valence-corrected chi connectivity index (χ2v) is 9.51. The minimum absolute atomic E-state index is 0.000393. The maximum Gasteiger partial charge on any atom is 0.263 e. The molecule has 0 atom stereocenters. The van der Waals surface area contributed by atoms with Crippen molar-refractivity contribution in [1.82, 2.24) is 4.57 Å². The van der Waals surface area contributed by atoms with E-state index in [1.165, 1.54) is 13.3 Å². The van der Waals surface area contributed by atoms with Gasteiger partial charge >= 0.3 is 0 Å². The normalized spacial score (nSPS) is 11.0. The Morgan fingerprint density at radius 3 is 2.05 bits per heavy atom. The van der Waals surface area contributed by atoms with E-state index in [1.807, 2.05) is 13.8 Å². The maximum absolute atomic E-state index is 14.1. The Labute approximate surface area is 243 Å². The fraction of sp³-hybridized carbons (Fsp3) is 0.312. The highest BCUT2D eigenvalue weighted by Crippen LogP contribution is 2.30. The van der Waals surface area contributed by atoms with Crippen molar-refractivity contribution in [3.05, 3.63) is 88.2 Å². The molecule has 0 aliphatic rings. The molecular weight excluding hydrogens is 546 g/mol. The van der Waals surface area contributed by atoms with Crippen LogP contribution in [0.4, 0.5) is 14.5 Å². The number of carbonyl (C=O) groups excluding carboxylic acids is 1. The van der Waals surface area contributed by atoms with Gasteiger partial charge in [0.25, 0.3) is 5.91 Å². The van der Waals surface area contributed by atoms with Crippen LogP contribution in [0.3, 0.4) is 0 Å². The summed E-state index contributed by atoms with van der Waals surface area (Å²) in [6.45, 7) is 6.68. The number of halogens is 2. The van der Waals surface area contributed by atoms with Crippen molar-refractivity contribution in [3.63, 3.8) is 0 Å². The van der Waals surface area contributed by atoms with Gasteiger partial charge in [0.1, 0.15) is 34.4 Å². The molecule has 0 spiro atoms. The highest BCUT2D eigenvalue weighted by Gasteiger charge is 2.24. The van der Waals surface area contributed by atoms with Gasteiger partial charge < -0.3 is 28.4 Å². The Balaban J connectivity index is 1.95. The molecule has 0 saturated carbocycles. The zero-order chi connectivity index (χ0) is 30.2. The number of methoxy groups -OCH3 is 1. The summed E-state index contributed by atoms with van der Waals surface area (Å²) in [5.74, 6) is -0.820. The van der Waals surface area contributed by atoms with Gasteiger partial charge in [0, 0.05) is 61.3 Å². The Bertz CT molecular complexity index is 1570. The summed E-state index contributed by atoms with van der Waals surface area (Å²) in [5, 5.41) is 0.239. The molecule has 42 heavy (non-hydrogen) atoms. The summed E-state index contributed by atoms with van der Waals surface area (Å²) in [6.07, 6.45) is 3.01. The van der Waals surface area contributed by atoms with Crippen molar-refractivity contribution in [2.24, 2.45) is 0 Å². The third kappa shape index (κ3) is 6.88. The molecule has 0 radical (unpaired) electrons. The van der Waals surface area contributed by atoms with E-state index in [2.05, 4.69) is 0 Å². The van der Waals surface area contributed by atoms with E-state index in [0.717, 1.165) is 35.9 Å². The first kappa shape index (κ1) is 30.5. The van der Waals surface area contributed by atoms with Crippen LogP contribution in [0.5, 0.6) is 17.2 Å². The lowest BCUT2D eigenvalue weighted by atomic mass is 10.1. The Hall–Kier alpha value is -4.44. The average molecular weight is 581 g/mol. The number of pyridine rings is 1. The van der Waals surface area contributed by atoms with Crippen molar-refractivity contribution in [2.75, 3.05) is 38.6 Å². The molecule has 0 bridgehead atoms. The highest BCUT2D eigenvalue weighted by molar-refractivity contribution is 6.07. The fourth-order valence-corrected chi connectivity index (χ4v) is 4.47. The summed E-state index contributed by atoms with van der Waals surface area (Å²) >= 11 is 0. The largest absolute Gasteiger partial charge is 0.493 e. The molecular formula is C32H34F2N2O6. The molecule has 1 heterocycles. The number of hydrogen-bond acceptors (Lipinski definition) is 6. The van der Waals surface area contributed by atoms with Crippen LogP contribution in [0.15, 0.2) is 65.6 Å². The fourth-order valence-electron chi connectivity index (χ4n) is 4.47. The standard InChI is InChI=1S/C32H34F2N2O6/c1-5-10-40-26-15-24(16-27(17-26)41-11-6-2)36-19-29(31(37)28-9-8-25(18-30(28)36)42-20-39-4)32(38)35(7-3)23-13-21(33)12-22(34)14-23/h8-9,12-19H,5-7,10-11,20H2,1-4H3. The van der Waals surface area contributed by atoms with Crippen molar-refractivity contribution >= 4 is 22.5 Å². The van der Waals surface area contributed by atoms with Crippen LogP contribution < -0.4 is 24.5 Å². The molecule has 222 valence electrons. The lowest BCUT2D eigenvalue weighted by molar-refractivity contribution is 0.0512.